The van der Waals surface area contributed by atoms with Gasteiger partial charge in [-0.05, 0) is 54.9 Å². The topological polar surface area (TPSA) is 203 Å². The van der Waals surface area contributed by atoms with Gasteiger partial charge < -0.3 is 44.9 Å². The molecule has 3 aromatic heterocycles. The predicted octanol–water partition coefficient (Wildman–Crippen LogP) is 4.90. The summed E-state index contributed by atoms with van der Waals surface area (Å²) in [7, 11) is 2.54. The minimum atomic E-state index is -0.824. The second kappa shape index (κ2) is 16.3. The molecule has 2 aromatic carbocycles. The summed E-state index contributed by atoms with van der Waals surface area (Å²) in [5.74, 6) is 1.02. The molecule has 16 heteroatoms. The van der Waals surface area contributed by atoms with Gasteiger partial charge in [0.15, 0.2) is 0 Å². The SMILES string of the molecule is COC(=O)N[C@@H](C)C(=O)N1CCC[C@H]1c1ncc(-c2ccc(-c3ccc(-c4cnc([C@@H]5CCCN5C(=O)[C@H](Cc5cnc[nH]5)NC(=O)OC)[nH]4)cc3)cc2)[nH]1. The van der Waals surface area contributed by atoms with Crippen LogP contribution in [-0.4, -0.2) is 103 Å². The smallest absolute Gasteiger partial charge is 0.407 e. The molecular formula is C39H44N10O6. The zero-order valence-electron chi connectivity index (χ0n) is 30.9. The Hall–Kier alpha value is -6.45. The number of alkyl carbamates (subject to hydrolysis) is 2. The summed E-state index contributed by atoms with van der Waals surface area (Å²) in [4.78, 5) is 77.3. The van der Waals surface area contributed by atoms with Crippen LogP contribution in [0.1, 0.15) is 62.0 Å². The largest absolute Gasteiger partial charge is 0.453 e. The molecular weight excluding hydrogens is 704 g/mol. The van der Waals surface area contributed by atoms with Gasteiger partial charge in [0.1, 0.15) is 23.7 Å². The number of aromatic amines is 3. The first kappa shape index (κ1) is 36.9. The van der Waals surface area contributed by atoms with E-state index in [-0.39, 0.29) is 30.3 Å². The number of amides is 4. The fourth-order valence-electron chi connectivity index (χ4n) is 7.38. The van der Waals surface area contributed by atoms with E-state index >= 15 is 0 Å². The second-order valence-corrected chi connectivity index (χ2v) is 13.7. The van der Waals surface area contributed by atoms with Crippen LogP contribution in [0.15, 0.2) is 73.4 Å². The van der Waals surface area contributed by atoms with E-state index in [2.05, 4.69) is 69.5 Å². The number of nitrogens with zero attached hydrogens (tertiary/aromatic N) is 5. The fraction of sp³-hybridized carbons (Fsp3) is 0.359. The van der Waals surface area contributed by atoms with Crippen molar-refractivity contribution in [2.45, 2.75) is 63.2 Å². The average Bonchev–Trinajstić information content (AvgIpc) is 4.06. The van der Waals surface area contributed by atoms with Crippen molar-refractivity contribution in [1.29, 1.82) is 0 Å². The third-order valence-corrected chi connectivity index (χ3v) is 10.3. The van der Waals surface area contributed by atoms with Crippen LogP contribution >= 0.6 is 0 Å². The molecule has 2 aliphatic heterocycles. The maximum Gasteiger partial charge on any atom is 0.407 e. The van der Waals surface area contributed by atoms with Crippen LogP contribution in [0.25, 0.3) is 33.6 Å². The highest BCUT2D eigenvalue weighted by Crippen LogP contribution is 2.34. The number of carbonyl (C=O) groups excluding carboxylic acids is 4. The van der Waals surface area contributed by atoms with E-state index < -0.39 is 24.3 Å². The number of hydrogen-bond donors (Lipinski definition) is 5. The quantitative estimate of drug-likeness (QED) is 0.125. The van der Waals surface area contributed by atoms with Gasteiger partial charge in [-0.3, -0.25) is 9.59 Å². The minimum Gasteiger partial charge on any atom is -0.453 e. The van der Waals surface area contributed by atoms with E-state index in [1.54, 1.807) is 35.3 Å². The van der Waals surface area contributed by atoms with Gasteiger partial charge in [-0.25, -0.2) is 24.5 Å². The van der Waals surface area contributed by atoms with Crippen molar-refractivity contribution in [1.82, 2.24) is 50.3 Å². The molecule has 7 rings (SSSR count). The summed E-state index contributed by atoms with van der Waals surface area (Å²) >= 11 is 0. The zero-order valence-corrected chi connectivity index (χ0v) is 30.9. The van der Waals surface area contributed by atoms with Gasteiger partial charge in [-0.15, -0.1) is 0 Å². The van der Waals surface area contributed by atoms with Crippen LogP contribution in [0.4, 0.5) is 9.59 Å². The van der Waals surface area contributed by atoms with E-state index in [1.165, 1.54) is 20.5 Å². The van der Waals surface area contributed by atoms with E-state index in [1.807, 2.05) is 24.3 Å². The molecule has 4 atom stereocenters. The molecule has 2 saturated heterocycles. The van der Waals surface area contributed by atoms with Gasteiger partial charge in [0.05, 0.1) is 56.4 Å². The number of H-pyrrole nitrogens is 3. The molecule has 0 radical (unpaired) electrons. The molecule has 2 fully saturated rings. The third kappa shape index (κ3) is 8.07. The van der Waals surface area contributed by atoms with Crippen molar-refractivity contribution in [3.05, 3.63) is 90.8 Å². The van der Waals surface area contributed by atoms with E-state index in [9.17, 15) is 19.2 Å². The Morgan fingerprint density at radius 2 is 1.22 bits per heavy atom. The van der Waals surface area contributed by atoms with Crippen molar-refractivity contribution in [3.8, 4) is 33.6 Å². The zero-order chi connectivity index (χ0) is 38.5. The van der Waals surface area contributed by atoms with Crippen molar-refractivity contribution >= 4 is 24.0 Å². The first-order valence-electron chi connectivity index (χ1n) is 18.3. The number of hydrogen-bond acceptors (Lipinski definition) is 9. The molecule has 5 heterocycles. The Morgan fingerprint density at radius 1 is 0.727 bits per heavy atom. The lowest BCUT2D eigenvalue weighted by atomic mass is 10.0. The third-order valence-electron chi connectivity index (χ3n) is 10.3. The summed E-state index contributed by atoms with van der Waals surface area (Å²) in [6, 6.07) is 14.4. The standard InChI is InChI=1S/C39H44N10O6/c1-23(44-38(52)54-2)36(50)48-16-4-6-32(48)34-41-20-30(45-34)26-12-8-24(9-13-26)25-10-14-27(15-11-25)31-21-42-35(46-31)33-7-5-17-49(33)37(51)29(47-39(53)55-3)18-28-19-40-22-43-28/h8-15,19-23,29,32-33H,4-7,16-18H2,1-3H3,(H,40,43)(H,41,45)(H,42,46)(H,44,52)(H,47,53)/t23-,29-,32-,33-/m0/s1. The van der Waals surface area contributed by atoms with Crippen LogP contribution in [-0.2, 0) is 25.5 Å². The van der Waals surface area contributed by atoms with Crippen molar-refractivity contribution in [2.75, 3.05) is 27.3 Å². The summed E-state index contributed by atoms with van der Waals surface area (Å²) in [5, 5.41) is 5.24. The predicted molar refractivity (Wildman–Crippen MR) is 201 cm³/mol. The minimum absolute atomic E-state index is 0.177. The van der Waals surface area contributed by atoms with Gasteiger partial charge in [0.25, 0.3) is 0 Å². The van der Waals surface area contributed by atoms with Crippen LogP contribution in [0.5, 0.6) is 0 Å². The van der Waals surface area contributed by atoms with Crippen molar-refractivity contribution in [2.24, 2.45) is 0 Å². The average molecular weight is 749 g/mol. The van der Waals surface area contributed by atoms with Crippen LogP contribution in [0.3, 0.4) is 0 Å². The number of ether oxygens (including phenoxy) is 2. The van der Waals surface area contributed by atoms with Gasteiger partial charge in [0.2, 0.25) is 11.8 Å². The lowest BCUT2D eigenvalue weighted by Gasteiger charge is -2.28. The van der Waals surface area contributed by atoms with Gasteiger partial charge >= 0.3 is 12.2 Å². The van der Waals surface area contributed by atoms with Gasteiger partial charge in [0, 0.05) is 31.4 Å². The Labute approximate surface area is 317 Å². The highest BCUT2D eigenvalue weighted by atomic mass is 16.5. The number of imidazole rings is 3. The lowest BCUT2D eigenvalue weighted by molar-refractivity contribution is -0.135. The molecule has 55 heavy (non-hydrogen) atoms. The normalized spacial score (nSPS) is 17.8. The summed E-state index contributed by atoms with van der Waals surface area (Å²) in [6.45, 7) is 2.79. The molecule has 0 unspecified atom stereocenters. The lowest BCUT2D eigenvalue weighted by Crippen LogP contribution is -2.49. The number of benzene rings is 2. The highest BCUT2D eigenvalue weighted by Gasteiger charge is 2.37. The van der Waals surface area contributed by atoms with Crippen LogP contribution in [0, 0.1) is 0 Å². The van der Waals surface area contributed by atoms with E-state index in [4.69, 9.17) is 4.74 Å². The Kier molecular flexibility index (Phi) is 10.9. The molecule has 5 N–H and O–H groups in total. The molecule has 0 bridgehead atoms. The Bertz CT molecular complexity index is 2110. The molecule has 16 nitrogen and oxygen atoms in total. The van der Waals surface area contributed by atoms with Gasteiger partial charge in [-0.2, -0.15) is 0 Å². The number of likely N-dealkylation sites (tertiary alicyclic amines) is 2. The van der Waals surface area contributed by atoms with Crippen LogP contribution in [0.2, 0.25) is 0 Å². The fourth-order valence-corrected chi connectivity index (χ4v) is 7.38. The van der Waals surface area contributed by atoms with Gasteiger partial charge in [-0.1, -0.05) is 48.5 Å². The second-order valence-electron chi connectivity index (χ2n) is 13.7. The maximum absolute atomic E-state index is 13.8. The maximum atomic E-state index is 13.8. The number of aromatic nitrogens is 6. The van der Waals surface area contributed by atoms with Crippen molar-refractivity contribution < 1.29 is 28.7 Å². The molecule has 2 aliphatic rings. The Morgan fingerprint density at radius 3 is 1.71 bits per heavy atom. The summed E-state index contributed by atoms with van der Waals surface area (Å²) < 4.78 is 9.43. The van der Waals surface area contributed by atoms with E-state index in [0.29, 0.717) is 24.7 Å². The van der Waals surface area contributed by atoms with E-state index in [0.717, 1.165) is 65.0 Å². The Balaban J connectivity index is 0.994. The number of methoxy groups -OCH3 is 2. The molecule has 4 amide bonds. The van der Waals surface area contributed by atoms with Crippen molar-refractivity contribution in [3.63, 3.8) is 0 Å². The summed E-state index contributed by atoms with van der Waals surface area (Å²) in [6.07, 6.45) is 8.85. The number of nitrogens with one attached hydrogen (secondary N) is 5. The number of rotatable bonds is 11. The summed E-state index contributed by atoms with van der Waals surface area (Å²) in [5.41, 5.74) is 6.43. The molecule has 0 aliphatic carbocycles. The monoisotopic (exact) mass is 748 g/mol. The number of carbonyl (C=O) groups is 4. The molecule has 5 aromatic rings. The van der Waals surface area contributed by atoms with Crippen LogP contribution < -0.4 is 10.6 Å². The molecule has 0 saturated carbocycles. The molecule has 286 valence electrons. The molecule has 0 spiro atoms. The highest BCUT2D eigenvalue weighted by molar-refractivity contribution is 5.87. The first-order chi connectivity index (χ1) is 26.7. The first-order valence-corrected chi connectivity index (χ1v) is 18.3.